The van der Waals surface area contributed by atoms with Crippen molar-refractivity contribution in [3.05, 3.63) is 57.8 Å². The van der Waals surface area contributed by atoms with Crippen LogP contribution in [0.4, 0.5) is 0 Å². The third-order valence-electron chi connectivity index (χ3n) is 4.33. The van der Waals surface area contributed by atoms with Crippen LogP contribution in [0, 0.1) is 0 Å². The first-order valence-electron chi connectivity index (χ1n) is 9.45. The molecule has 2 N–H and O–H groups in total. The first-order valence-corrected chi connectivity index (χ1v) is 10.3. The van der Waals surface area contributed by atoms with Gasteiger partial charge in [-0.05, 0) is 49.7 Å². The van der Waals surface area contributed by atoms with E-state index in [-0.39, 0.29) is 29.9 Å². The lowest BCUT2D eigenvalue weighted by Gasteiger charge is -2.22. The van der Waals surface area contributed by atoms with Crippen LogP contribution in [-0.4, -0.2) is 69.5 Å². The third-order valence-corrected chi connectivity index (χ3v) is 5.27. The fourth-order valence-corrected chi connectivity index (χ4v) is 3.42. The van der Waals surface area contributed by atoms with Crippen molar-refractivity contribution in [3.8, 4) is 0 Å². The van der Waals surface area contributed by atoms with Gasteiger partial charge in [0.15, 0.2) is 5.96 Å². The lowest BCUT2D eigenvalue weighted by atomic mass is 10.1. The summed E-state index contributed by atoms with van der Waals surface area (Å²) in [5, 5.41) is 8.43. The molecule has 0 fully saturated rings. The Hall–Kier alpha value is -1.65. The topological polar surface area (TPSA) is 60.0 Å². The van der Waals surface area contributed by atoms with Gasteiger partial charge in [-0.2, -0.15) is 0 Å². The van der Waals surface area contributed by atoms with Crippen LogP contribution in [0.15, 0.2) is 46.8 Å². The molecule has 160 valence electrons. The van der Waals surface area contributed by atoms with E-state index in [0.29, 0.717) is 18.7 Å². The minimum absolute atomic E-state index is 0. The normalized spacial score (nSPS) is 11.1. The van der Waals surface area contributed by atoms with Gasteiger partial charge in [0, 0.05) is 50.7 Å². The van der Waals surface area contributed by atoms with Crippen molar-refractivity contribution in [2.24, 2.45) is 4.99 Å². The summed E-state index contributed by atoms with van der Waals surface area (Å²) in [5.74, 6) is 0.804. The van der Waals surface area contributed by atoms with Crippen molar-refractivity contribution in [2.75, 3.05) is 47.8 Å². The largest absolute Gasteiger partial charge is 0.352 e. The van der Waals surface area contributed by atoms with Crippen molar-refractivity contribution in [2.45, 2.75) is 13.0 Å². The molecule has 0 aliphatic heterocycles. The summed E-state index contributed by atoms with van der Waals surface area (Å²) in [4.78, 5) is 22.2. The van der Waals surface area contributed by atoms with Crippen LogP contribution in [0.1, 0.15) is 20.8 Å². The highest BCUT2D eigenvalue weighted by atomic mass is 127. The van der Waals surface area contributed by atoms with Gasteiger partial charge < -0.3 is 20.4 Å². The maximum Gasteiger partial charge on any atom is 0.251 e. The fraction of sp³-hybridized carbons (Fsp3) is 0.429. The molecule has 1 aromatic heterocycles. The second kappa shape index (κ2) is 13.6. The molecule has 1 amide bonds. The fourth-order valence-electron chi connectivity index (χ4n) is 2.72. The summed E-state index contributed by atoms with van der Waals surface area (Å²) in [7, 11) is 7.81. The number of aliphatic imine (C=N–C) groups is 1. The molecule has 0 atom stereocenters. The molecule has 6 nitrogen and oxygen atoms in total. The molecule has 0 spiro atoms. The number of guanidine groups is 1. The zero-order chi connectivity index (χ0) is 20.4. The Kier molecular flexibility index (Phi) is 11.9. The van der Waals surface area contributed by atoms with E-state index in [1.165, 1.54) is 4.88 Å². The van der Waals surface area contributed by atoms with Crippen LogP contribution < -0.4 is 10.6 Å². The molecule has 0 saturated carbocycles. The first kappa shape index (κ1) is 25.4. The summed E-state index contributed by atoms with van der Waals surface area (Å²) in [6.45, 7) is 2.97. The second-order valence-corrected chi connectivity index (χ2v) is 7.94. The summed E-state index contributed by atoms with van der Waals surface area (Å²) in [6.07, 6.45) is 0.997. The second-order valence-electron chi connectivity index (χ2n) is 6.91. The Morgan fingerprint density at radius 3 is 2.55 bits per heavy atom. The van der Waals surface area contributed by atoms with E-state index in [4.69, 9.17) is 0 Å². The lowest BCUT2D eigenvalue weighted by molar-refractivity contribution is 0.0951. The van der Waals surface area contributed by atoms with E-state index in [1.807, 2.05) is 50.3 Å². The summed E-state index contributed by atoms with van der Waals surface area (Å²) >= 11 is 1.78. The van der Waals surface area contributed by atoms with Crippen molar-refractivity contribution in [3.63, 3.8) is 0 Å². The molecule has 2 aromatic rings. The number of carbonyl (C=O) groups excluding carboxylic acids is 1. The van der Waals surface area contributed by atoms with E-state index in [2.05, 4.69) is 38.0 Å². The SMILES string of the molecule is CN=C(NCc1cccc(C(=O)NCCN(C)C)c1)N(C)CCc1cccs1.I. The van der Waals surface area contributed by atoms with Crippen LogP contribution in [0.5, 0.6) is 0 Å². The number of rotatable bonds is 9. The Balaban J connectivity index is 0.00000420. The van der Waals surface area contributed by atoms with Gasteiger partial charge in [-0.15, -0.1) is 35.3 Å². The Bertz CT molecular complexity index is 764. The van der Waals surface area contributed by atoms with Crippen molar-refractivity contribution in [1.82, 2.24) is 20.4 Å². The van der Waals surface area contributed by atoms with Crippen LogP contribution >= 0.6 is 35.3 Å². The molecule has 29 heavy (non-hydrogen) atoms. The molecule has 1 aromatic carbocycles. The maximum absolute atomic E-state index is 12.3. The highest BCUT2D eigenvalue weighted by Gasteiger charge is 2.09. The molecule has 0 aliphatic rings. The molecule has 0 saturated heterocycles. The van der Waals surface area contributed by atoms with E-state index in [0.717, 1.165) is 31.0 Å². The number of hydrogen-bond acceptors (Lipinski definition) is 4. The number of amides is 1. The van der Waals surface area contributed by atoms with E-state index in [1.54, 1.807) is 18.4 Å². The first-order chi connectivity index (χ1) is 13.5. The molecular formula is C21H32IN5OS. The molecule has 0 bridgehead atoms. The van der Waals surface area contributed by atoms with Gasteiger partial charge in [0.25, 0.3) is 5.91 Å². The molecule has 2 rings (SSSR count). The van der Waals surface area contributed by atoms with Gasteiger partial charge in [-0.25, -0.2) is 0 Å². The van der Waals surface area contributed by atoms with Crippen molar-refractivity contribution < 1.29 is 4.79 Å². The predicted octanol–water partition coefficient (Wildman–Crippen LogP) is 2.91. The Morgan fingerprint density at radius 2 is 1.90 bits per heavy atom. The summed E-state index contributed by atoms with van der Waals surface area (Å²) in [5.41, 5.74) is 1.73. The van der Waals surface area contributed by atoms with Gasteiger partial charge in [0.1, 0.15) is 0 Å². The zero-order valence-corrected chi connectivity index (χ0v) is 20.8. The van der Waals surface area contributed by atoms with Gasteiger partial charge >= 0.3 is 0 Å². The Labute approximate surface area is 195 Å². The number of carbonyl (C=O) groups is 1. The van der Waals surface area contributed by atoms with Crippen LogP contribution in [0.2, 0.25) is 0 Å². The standard InChI is InChI=1S/C21H31N5OS.HI/c1-22-21(26(4)12-10-19-9-6-14-28-19)24-16-17-7-5-8-18(15-17)20(27)23-11-13-25(2)3;/h5-9,14-15H,10-13,16H2,1-4H3,(H,22,24)(H,23,27);1H. The molecular weight excluding hydrogens is 497 g/mol. The average Bonchev–Trinajstić information content (AvgIpc) is 3.20. The quantitative estimate of drug-likeness (QED) is 0.298. The number of benzene rings is 1. The molecule has 0 aliphatic carbocycles. The van der Waals surface area contributed by atoms with Crippen LogP contribution in [-0.2, 0) is 13.0 Å². The van der Waals surface area contributed by atoms with E-state index < -0.39 is 0 Å². The third kappa shape index (κ3) is 9.14. The smallest absolute Gasteiger partial charge is 0.251 e. The number of thiophene rings is 1. The van der Waals surface area contributed by atoms with Gasteiger partial charge in [0.2, 0.25) is 0 Å². The van der Waals surface area contributed by atoms with Crippen molar-refractivity contribution in [1.29, 1.82) is 0 Å². The minimum atomic E-state index is -0.0406. The summed E-state index contributed by atoms with van der Waals surface area (Å²) < 4.78 is 0. The Morgan fingerprint density at radius 1 is 1.10 bits per heavy atom. The number of nitrogens with zero attached hydrogens (tertiary/aromatic N) is 3. The number of halogens is 1. The van der Waals surface area contributed by atoms with E-state index in [9.17, 15) is 4.79 Å². The molecule has 0 radical (unpaired) electrons. The maximum atomic E-state index is 12.3. The van der Waals surface area contributed by atoms with Crippen LogP contribution in [0.25, 0.3) is 0 Å². The molecule has 0 unspecified atom stereocenters. The van der Waals surface area contributed by atoms with E-state index >= 15 is 0 Å². The number of likely N-dealkylation sites (N-methyl/N-ethyl adjacent to an activating group) is 2. The van der Waals surface area contributed by atoms with Crippen LogP contribution in [0.3, 0.4) is 0 Å². The highest BCUT2D eigenvalue weighted by Crippen LogP contribution is 2.10. The zero-order valence-electron chi connectivity index (χ0n) is 17.6. The monoisotopic (exact) mass is 529 g/mol. The average molecular weight is 529 g/mol. The molecule has 8 heteroatoms. The molecule has 1 heterocycles. The summed E-state index contributed by atoms with van der Waals surface area (Å²) in [6, 6.07) is 11.9. The number of hydrogen-bond donors (Lipinski definition) is 2. The predicted molar refractivity (Wildman–Crippen MR) is 134 cm³/mol. The highest BCUT2D eigenvalue weighted by molar-refractivity contribution is 14.0. The lowest BCUT2D eigenvalue weighted by Crippen LogP contribution is -2.39. The van der Waals surface area contributed by atoms with Crippen molar-refractivity contribution >= 4 is 47.2 Å². The van der Waals surface area contributed by atoms with Gasteiger partial charge in [-0.3, -0.25) is 9.79 Å². The van der Waals surface area contributed by atoms with Gasteiger partial charge in [0.05, 0.1) is 0 Å². The number of nitrogens with one attached hydrogen (secondary N) is 2. The van der Waals surface area contributed by atoms with Gasteiger partial charge in [-0.1, -0.05) is 18.2 Å². The minimum Gasteiger partial charge on any atom is -0.352 e.